The van der Waals surface area contributed by atoms with Crippen LogP contribution in [0.2, 0.25) is 0 Å². The van der Waals surface area contributed by atoms with Gasteiger partial charge in [0, 0.05) is 6.07 Å². The molecule has 0 fully saturated rings. The molecule has 48 valence electrons. The van der Waals surface area contributed by atoms with Crippen LogP contribution in [-0.4, -0.2) is 10.1 Å². The molecule has 0 aromatic carbocycles. The number of rotatable bonds is 1. The van der Waals surface area contributed by atoms with Crippen molar-refractivity contribution in [2.45, 2.75) is 0 Å². The SMILES string of the molecule is [O-][N+](=NO)c1cccs1. The molecule has 4 nitrogen and oxygen atoms in total. The quantitative estimate of drug-likeness (QED) is 0.370. The highest BCUT2D eigenvalue weighted by atomic mass is 32.1. The van der Waals surface area contributed by atoms with Crippen molar-refractivity contribution >= 4 is 16.3 Å². The second kappa shape index (κ2) is 2.45. The Hall–Kier alpha value is -1.10. The number of hydrogen-bond acceptors (Lipinski definition) is 3. The Morgan fingerprint density at radius 1 is 1.78 bits per heavy atom. The molecule has 1 heterocycles. The summed E-state index contributed by atoms with van der Waals surface area (Å²) in [7, 11) is 0. The molecule has 0 saturated heterocycles. The van der Waals surface area contributed by atoms with Crippen LogP contribution in [0.15, 0.2) is 22.8 Å². The molecule has 0 saturated carbocycles. The first-order chi connectivity index (χ1) is 4.34. The van der Waals surface area contributed by atoms with Gasteiger partial charge in [0.15, 0.2) is 0 Å². The number of thiophene rings is 1. The third-order valence-electron chi connectivity index (χ3n) is 0.776. The lowest BCUT2D eigenvalue weighted by molar-refractivity contribution is -0.470. The molecular formula is C4H4N2O2S. The van der Waals surface area contributed by atoms with Gasteiger partial charge in [0.1, 0.15) is 0 Å². The van der Waals surface area contributed by atoms with E-state index < -0.39 is 0 Å². The van der Waals surface area contributed by atoms with Gasteiger partial charge in [-0.3, -0.25) is 0 Å². The summed E-state index contributed by atoms with van der Waals surface area (Å²) in [5.41, 5.74) is 0. The Bertz CT molecular complexity index is 206. The molecule has 1 aromatic rings. The first kappa shape index (κ1) is 6.03. The van der Waals surface area contributed by atoms with Gasteiger partial charge in [-0.25, -0.2) is 0 Å². The van der Waals surface area contributed by atoms with Crippen LogP contribution in [0, 0.1) is 5.21 Å². The summed E-state index contributed by atoms with van der Waals surface area (Å²) in [4.78, 5) is 0.157. The van der Waals surface area contributed by atoms with Crippen LogP contribution >= 0.6 is 11.3 Å². The molecule has 0 radical (unpaired) electrons. The molecule has 1 N–H and O–H groups in total. The van der Waals surface area contributed by atoms with E-state index in [0.29, 0.717) is 5.00 Å². The summed E-state index contributed by atoms with van der Waals surface area (Å²) in [6.45, 7) is 0. The van der Waals surface area contributed by atoms with E-state index >= 15 is 0 Å². The van der Waals surface area contributed by atoms with Gasteiger partial charge in [-0.15, -0.1) is 0 Å². The predicted octanol–water partition coefficient (Wildman–Crippen LogP) is 1.73. The molecule has 0 aliphatic heterocycles. The normalized spacial score (nSPS) is 11.8. The van der Waals surface area contributed by atoms with Gasteiger partial charge in [-0.2, -0.15) is 0 Å². The fraction of sp³-hybridized carbons (Fsp3) is 0. The van der Waals surface area contributed by atoms with E-state index in [0.717, 1.165) is 0 Å². The fourth-order valence-corrected chi connectivity index (χ4v) is 1.00. The highest BCUT2D eigenvalue weighted by molar-refractivity contribution is 7.13. The highest BCUT2D eigenvalue weighted by Gasteiger charge is 2.01. The fourth-order valence-electron chi connectivity index (χ4n) is 0.423. The first-order valence-electron chi connectivity index (χ1n) is 2.20. The Kier molecular flexibility index (Phi) is 1.64. The molecule has 9 heavy (non-hydrogen) atoms. The molecule has 0 aliphatic carbocycles. The molecule has 1 rings (SSSR count). The highest BCUT2D eigenvalue weighted by Crippen LogP contribution is 2.17. The molecule has 0 bridgehead atoms. The van der Waals surface area contributed by atoms with Gasteiger partial charge in [-0.05, 0) is 16.3 Å². The summed E-state index contributed by atoms with van der Waals surface area (Å²) in [5, 5.41) is 22.9. The van der Waals surface area contributed by atoms with Crippen LogP contribution in [0.3, 0.4) is 0 Å². The lowest BCUT2D eigenvalue weighted by Crippen LogP contribution is -1.84. The van der Waals surface area contributed by atoms with Crippen molar-refractivity contribution in [3.8, 4) is 0 Å². The smallest absolute Gasteiger partial charge is 0.303 e. The maximum Gasteiger partial charge on any atom is 0.303 e. The lowest BCUT2D eigenvalue weighted by Gasteiger charge is -1.88. The molecule has 0 spiro atoms. The Morgan fingerprint density at radius 2 is 2.56 bits per heavy atom. The Morgan fingerprint density at radius 3 is 3.00 bits per heavy atom. The van der Waals surface area contributed by atoms with Crippen molar-refractivity contribution in [2.75, 3.05) is 0 Å². The predicted molar refractivity (Wildman–Crippen MR) is 31.8 cm³/mol. The topological polar surface area (TPSA) is 58.7 Å². The maximum absolute atomic E-state index is 10.4. The van der Waals surface area contributed by atoms with Gasteiger partial charge in [0.25, 0.3) is 0 Å². The molecule has 0 aliphatic rings. The lowest BCUT2D eigenvalue weighted by atomic mass is 10.6. The molecule has 0 unspecified atom stereocenters. The van der Waals surface area contributed by atoms with Crippen LogP contribution in [-0.2, 0) is 0 Å². The van der Waals surface area contributed by atoms with E-state index in [4.69, 9.17) is 5.21 Å². The monoisotopic (exact) mass is 144 g/mol. The standard InChI is InChI=1S/C4H4N2O2S/c7-5-6(8)4-2-1-3-9-4/h1-3,7H. The Balaban J connectivity index is 2.90. The zero-order valence-corrected chi connectivity index (χ0v) is 5.21. The third kappa shape index (κ3) is 1.17. The van der Waals surface area contributed by atoms with E-state index in [2.05, 4.69) is 5.28 Å². The second-order valence-electron chi connectivity index (χ2n) is 1.31. The maximum atomic E-state index is 10.4. The average molecular weight is 144 g/mol. The van der Waals surface area contributed by atoms with Crippen LogP contribution in [0.4, 0.5) is 5.00 Å². The van der Waals surface area contributed by atoms with Crippen LogP contribution < -0.4 is 0 Å². The van der Waals surface area contributed by atoms with E-state index in [1.165, 1.54) is 11.3 Å². The van der Waals surface area contributed by atoms with E-state index in [9.17, 15) is 5.21 Å². The van der Waals surface area contributed by atoms with Gasteiger partial charge in [0.2, 0.25) is 5.28 Å². The van der Waals surface area contributed by atoms with Crippen molar-refractivity contribution in [1.29, 1.82) is 0 Å². The molecule has 0 amide bonds. The van der Waals surface area contributed by atoms with Crippen LogP contribution in [0.1, 0.15) is 0 Å². The zero-order valence-electron chi connectivity index (χ0n) is 4.39. The first-order valence-corrected chi connectivity index (χ1v) is 3.08. The van der Waals surface area contributed by atoms with Crippen molar-refractivity contribution in [3.05, 3.63) is 22.7 Å². The minimum atomic E-state index is 0.157. The van der Waals surface area contributed by atoms with Crippen LogP contribution in [0.5, 0.6) is 0 Å². The number of hydrogen-bond donors (Lipinski definition) is 1. The van der Waals surface area contributed by atoms with Crippen LogP contribution in [0.25, 0.3) is 0 Å². The van der Waals surface area contributed by atoms with Gasteiger partial charge in [-0.1, -0.05) is 11.3 Å². The molecule has 0 atom stereocenters. The van der Waals surface area contributed by atoms with Crippen molar-refractivity contribution in [2.24, 2.45) is 5.28 Å². The van der Waals surface area contributed by atoms with E-state index in [1.54, 1.807) is 17.5 Å². The molecular weight excluding hydrogens is 140 g/mol. The molecule has 1 aromatic heterocycles. The summed E-state index contributed by atoms with van der Waals surface area (Å²) < 4.78 is 0. The Labute approximate surface area is 55.2 Å². The average Bonchev–Trinajstić information content (AvgIpc) is 2.37. The zero-order chi connectivity index (χ0) is 6.69. The van der Waals surface area contributed by atoms with E-state index in [1.807, 2.05) is 0 Å². The third-order valence-corrected chi connectivity index (χ3v) is 1.60. The minimum Gasteiger partial charge on any atom is -0.591 e. The summed E-state index contributed by atoms with van der Waals surface area (Å²) in [6, 6.07) is 3.27. The molecule has 5 heteroatoms. The van der Waals surface area contributed by atoms with Gasteiger partial charge >= 0.3 is 5.00 Å². The second-order valence-corrected chi connectivity index (χ2v) is 2.24. The minimum absolute atomic E-state index is 0.157. The van der Waals surface area contributed by atoms with Crippen molar-refractivity contribution < 1.29 is 10.1 Å². The van der Waals surface area contributed by atoms with Crippen molar-refractivity contribution in [1.82, 2.24) is 0 Å². The summed E-state index contributed by atoms with van der Waals surface area (Å²) in [5.74, 6) is 0. The summed E-state index contributed by atoms with van der Waals surface area (Å²) >= 11 is 1.22. The van der Waals surface area contributed by atoms with Gasteiger partial charge < -0.3 is 10.4 Å². The van der Waals surface area contributed by atoms with Crippen molar-refractivity contribution in [3.63, 3.8) is 0 Å². The largest absolute Gasteiger partial charge is 0.591 e. The van der Waals surface area contributed by atoms with Gasteiger partial charge in [0.05, 0.1) is 0 Å². The number of nitrogens with zero attached hydrogens (tertiary/aromatic N) is 2. The summed E-state index contributed by atoms with van der Waals surface area (Å²) in [6.07, 6.45) is 0. The van der Waals surface area contributed by atoms with E-state index in [-0.39, 0.29) is 4.86 Å².